The van der Waals surface area contributed by atoms with Crippen LogP contribution in [0.4, 0.5) is 0 Å². The summed E-state index contributed by atoms with van der Waals surface area (Å²) in [5, 5.41) is 12.7. The minimum absolute atomic E-state index is 0.174. The standard InChI is InChI=1S/C10H14N4OS/c1-4-5-8-9(16-13-12-8)10(15)14(3)7(2)6-11/h7H,4-5H2,1-3H3. The molecule has 0 aromatic carbocycles. The fraction of sp³-hybridized carbons (Fsp3) is 0.600. The first-order chi connectivity index (χ1) is 7.61. The molecular weight excluding hydrogens is 224 g/mol. The van der Waals surface area contributed by atoms with E-state index in [4.69, 9.17) is 5.26 Å². The van der Waals surface area contributed by atoms with Gasteiger partial charge in [-0.1, -0.05) is 17.8 Å². The Labute approximate surface area is 98.9 Å². The van der Waals surface area contributed by atoms with Crippen LogP contribution in [0.5, 0.6) is 0 Å². The fourth-order valence-corrected chi connectivity index (χ4v) is 1.89. The molecule has 0 aliphatic carbocycles. The number of aryl methyl sites for hydroxylation is 1. The molecule has 0 saturated heterocycles. The monoisotopic (exact) mass is 238 g/mol. The molecule has 0 spiro atoms. The molecule has 0 aliphatic heterocycles. The van der Waals surface area contributed by atoms with Crippen LogP contribution >= 0.6 is 11.5 Å². The molecule has 16 heavy (non-hydrogen) atoms. The van der Waals surface area contributed by atoms with E-state index in [1.54, 1.807) is 14.0 Å². The van der Waals surface area contributed by atoms with E-state index < -0.39 is 6.04 Å². The molecule has 1 rings (SSSR count). The van der Waals surface area contributed by atoms with E-state index in [9.17, 15) is 4.79 Å². The van der Waals surface area contributed by atoms with Crippen LogP contribution in [0, 0.1) is 11.3 Å². The van der Waals surface area contributed by atoms with Crippen molar-refractivity contribution in [2.45, 2.75) is 32.7 Å². The molecule has 5 nitrogen and oxygen atoms in total. The van der Waals surface area contributed by atoms with Crippen LogP contribution in [0.1, 0.15) is 35.6 Å². The first kappa shape index (κ1) is 12.6. The minimum Gasteiger partial charge on any atom is -0.325 e. The van der Waals surface area contributed by atoms with E-state index in [0.717, 1.165) is 30.1 Å². The van der Waals surface area contributed by atoms with Crippen LogP contribution in [-0.4, -0.2) is 33.5 Å². The average Bonchev–Trinajstić information content (AvgIpc) is 2.74. The molecule has 1 unspecified atom stereocenters. The van der Waals surface area contributed by atoms with Gasteiger partial charge in [-0.15, -0.1) is 5.10 Å². The molecule has 0 aliphatic rings. The third-order valence-electron chi connectivity index (χ3n) is 2.32. The summed E-state index contributed by atoms with van der Waals surface area (Å²) in [6.07, 6.45) is 1.66. The quantitative estimate of drug-likeness (QED) is 0.796. The second-order valence-electron chi connectivity index (χ2n) is 3.52. The highest BCUT2D eigenvalue weighted by Crippen LogP contribution is 2.15. The van der Waals surface area contributed by atoms with Crippen molar-refractivity contribution >= 4 is 17.4 Å². The smallest absolute Gasteiger partial charge is 0.268 e. The summed E-state index contributed by atoms with van der Waals surface area (Å²) in [6.45, 7) is 3.71. The zero-order valence-electron chi connectivity index (χ0n) is 9.60. The Balaban J connectivity index is 2.88. The Morgan fingerprint density at radius 3 is 2.94 bits per heavy atom. The first-order valence-corrected chi connectivity index (χ1v) is 5.87. The highest BCUT2D eigenvalue weighted by atomic mass is 32.1. The second-order valence-corrected chi connectivity index (χ2v) is 4.27. The molecule has 1 aromatic rings. The lowest BCUT2D eigenvalue weighted by Gasteiger charge is -2.18. The second kappa shape index (κ2) is 5.56. The van der Waals surface area contributed by atoms with Crippen molar-refractivity contribution < 1.29 is 4.79 Å². The van der Waals surface area contributed by atoms with E-state index in [-0.39, 0.29) is 5.91 Å². The molecular formula is C10H14N4OS. The Morgan fingerprint density at radius 1 is 1.69 bits per heavy atom. The van der Waals surface area contributed by atoms with Gasteiger partial charge in [-0.05, 0) is 24.9 Å². The number of rotatable bonds is 4. The molecule has 1 aromatic heterocycles. The van der Waals surface area contributed by atoms with Gasteiger partial charge in [0.1, 0.15) is 10.9 Å². The Kier molecular flexibility index (Phi) is 4.38. The van der Waals surface area contributed by atoms with Crippen LogP contribution in [0.25, 0.3) is 0 Å². The van der Waals surface area contributed by atoms with Crippen molar-refractivity contribution in [1.29, 1.82) is 5.26 Å². The van der Waals surface area contributed by atoms with Gasteiger partial charge in [-0.3, -0.25) is 4.79 Å². The highest BCUT2D eigenvalue weighted by Gasteiger charge is 2.22. The van der Waals surface area contributed by atoms with E-state index >= 15 is 0 Å². The lowest BCUT2D eigenvalue weighted by Crippen LogP contribution is -2.34. The zero-order chi connectivity index (χ0) is 12.1. The Hall–Kier alpha value is -1.48. The number of carbonyl (C=O) groups is 1. The number of nitriles is 1. The van der Waals surface area contributed by atoms with E-state index in [0.29, 0.717) is 4.88 Å². The molecule has 0 saturated carbocycles. The molecule has 1 heterocycles. The van der Waals surface area contributed by atoms with Gasteiger partial charge in [0.15, 0.2) is 0 Å². The van der Waals surface area contributed by atoms with Crippen molar-refractivity contribution in [3.05, 3.63) is 10.6 Å². The number of hydrogen-bond acceptors (Lipinski definition) is 5. The van der Waals surface area contributed by atoms with Gasteiger partial charge in [-0.2, -0.15) is 5.26 Å². The van der Waals surface area contributed by atoms with Crippen molar-refractivity contribution in [3.8, 4) is 6.07 Å². The lowest BCUT2D eigenvalue weighted by molar-refractivity contribution is 0.0776. The van der Waals surface area contributed by atoms with E-state index in [1.807, 2.05) is 13.0 Å². The van der Waals surface area contributed by atoms with Crippen molar-refractivity contribution in [1.82, 2.24) is 14.5 Å². The zero-order valence-corrected chi connectivity index (χ0v) is 10.4. The summed E-state index contributed by atoms with van der Waals surface area (Å²) in [5.74, 6) is -0.174. The van der Waals surface area contributed by atoms with Crippen LogP contribution < -0.4 is 0 Å². The van der Waals surface area contributed by atoms with Gasteiger partial charge >= 0.3 is 0 Å². The summed E-state index contributed by atoms with van der Waals surface area (Å²) in [4.78, 5) is 14.0. The third-order valence-corrected chi connectivity index (χ3v) is 3.08. The summed E-state index contributed by atoms with van der Waals surface area (Å²) >= 11 is 1.09. The van der Waals surface area contributed by atoms with Gasteiger partial charge in [0.05, 0.1) is 11.8 Å². The maximum atomic E-state index is 12.0. The molecule has 1 amide bonds. The number of aromatic nitrogens is 2. The van der Waals surface area contributed by atoms with Crippen LogP contribution in [0.2, 0.25) is 0 Å². The van der Waals surface area contributed by atoms with Gasteiger partial charge in [-0.25, -0.2) is 0 Å². The van der Waals surface area contributed by atoms with E-state index in [2.05, 4.69) is 9.59 Å². The Morgan fingerprint density at radius 2 is 2.38 bits per heavy atom. The van der Waals surface area contributed by atoms with Crippen molar-refractivity contribution in [3.63, 3.8) is 0 Å². The largest absolute Gasteiger partial charge is 0.325 e. The third kappa shape index (κ3) is 2.55. The number of nitrogens with zero attached hydrogens (tertiary/aromatic N) is 4. The van der Waals surface area contributed by atoms with Gasteiger partial charge in [0, 0.05) is 7.05 Å². The number of hydrogen-bond donors (Lipinski definition) is 0. The molecule has 6 heteroatoms. The van der Waals surface area contributed by atoms with Gasteiger partial charge < -0.3 is 4.90 Å². The van der Waals surface area contributed by atoms with Crippen molar-refractivity contribution in [2.75, 3.05) is 7.05 Å². The maximum absolute atomic E-state index is 12.0. The Bertz CT molecular complexity index is 409. The first-order valence-electron chi connectivity index (χ1n) is 5.09. The van der Waals surface area contributed by atoms with Crippen LogP contribution in [0.15, 0.2) is 0 Å². The SMILES string of the molecule is CCCc1nnsc1C(=O)N(C)C(C)C#N. The summed E-state index contributed by atoms with van der Waals surface area (Å²) in [5.41, 5.74) is 0.731. The molecule has 0 radical (unpaired) electrons. The average molecular weight is 238 g/mol. The fourth-order valence-electron chi connectivity index (χ4n) is 1.19. The summed E-state index contributed by atoms with van der Waals surface area (Å²) < 4.78 is 3.79. The normalized spacial score (nSPS) is 11.9. The molecule has 0 fully saturated rings. The predicted octanol–water partition coefficient (Wildman–Crippen LogP) is 1.47. The summed E-state index contributed by atoms with van der Waals surface area (Å²) in [6, 6.07) is 1.59. The minimum atomic E-state index is -0.441. The van der Waals surface area contributed by atoms with Crippen molar-refractivity contribution in [2.24, 2.45) is 0 Å². The van der Waals surface area contributed by atoms with E-state index in [1.165, 1.54) is 4.90 Å². The molecule has 0 bridgehead atoms. The topological polar surface area (TPSA) is 69.9 Å². The predicted molar refractivity (Wildman–Crippen MR) is 61.1 cm³/mol. The van der Waals surface area contributed by atoms with Gasteiger partial charge in [0.25, 0.3) is 5.91 Å². The maximum Gasteiger partial charge on any atom is 0.268 e. The van der Waals surface area contributed by atoms with Crippen LogP contribution in [0.3, 0.4) is 0 Å². The summed E-state index contributed by atoms with van der Waals surface area (Å²) in [7, 11) is 1.62. The molecule has 0 N–H and O–H groups in total. The molecule has 1 atom stereocenters. The van der Waals surface area contributed by atoms with Gasteiger partial charge in [0.2, 0.25) is 0 Å². The lowest BCUT2D eigenvalue weighted by atomic mass is 10.2. The number of amides is 1. The number of carbonyl (C=O) groups excluding carboxylic acids is 1. The van der Waals surface area contributed by atoms with Crippen LogP contribution in [-0.2, 0) is 6.42 Å². The molecule has 86 valence electrons. The highest BCUT2D eigenvalue weighted by molar-refractivity contribution is 7.08.